The van der Waals surface area contributed by atoms with E-state index in [-0.39, 0.29) is 5.91 Å². The molecular weight excluding hydrogens is 360 g/mol. The van der Waals surface area contributed by atoms with Crippen molar-refractivity contribution in [2.24, 2.45) is 0 Å². The Balaban J connectivity index is 1.73. The SMILES string of the molecule is Cc1cc(Cl)ccc1Nc1cncc(C(=O)Nc2ccc(N(C)C)cc2)c1. The number of hydrogen-bond donors (Lipinski definition) is 2. The van der Waals surface area contributed by atoms with Crippen LogP contribution in [0.4, 0.5) is 22.7 Å². The number of rotatable bonds is 5. The summed E-state index contributed by atoms with van der Waals surface area (Å²) < 4.78 is 0. The molecule has 5 nitrogen and oxygen atoms in total. The minimum Gasteiger partial charge on any atom is -0.378 e. The Kier molecular flexibility index (Phi) is 5.62. The highest BCUT2D eigenvalue weighted by Crippen LogP contribution is 2.24. The number of nitrogens with one attached hydrogen (secondary N) is 2. The number of aromatic nitrogens is 1. The number of carbonyl (C=O) groups is 1. The van der Waals surface area contributed by atoms with E-state index in [1.807, 2.05) is 68.4 Å². The Morgan fingerprint density at radius 2 is 1.74 bits per heavy atom. The van der Waals surface area contributed by atoms with E-state index in [1.54, 1.807) is 18.5 Å². The Hall–Kier alpha value is -3.05. The van der Waals surface area contributed by atoms with Crippen LogP contribution in [0.2, 0.25) is 5.02 Å². The standard InChI is InChI=1S/C21H21ClN4O/c1-14-10-16(22)4-9-20(14)24-18-11-15(12-23-13-18)21(27)25-17-5-7-19(8-6-17)26(2)3/h4-13,24H,1-3H3,(H,25,27). The summed E-state index contributed by atoms with van der Waals surface area (Å²) >= 11 is 6.00. The maximum absolute atomic E-state index is 12.5. The van der Waals surface area contributed by atoms with E-state index >= 15 is 0 Å². The zero-order valence-electron chi connectivity index (χ0n) is 15.5. The van der Waals surface area contributed by atoms with Crippen LogP contribution >= 0.6 is 11.6 Å². The molecule has 27 heavy (non-hydrogen) atoms. The first kappa shape index (κ1) is 18.7. The number of carbonyl (C=O) groups excluding carboxylic acids is 1. The van der Waals surface area contributed by atoms with Gasteiger partial charge in [0.25, 0.3) is 5.91 Å². The lowest BCUT2D eigenvalue weighted by Crippen LogP contribution is -2.13. The van der Waals surface area contributed by atoms with Gasteiger partial charge in [-0.3, -0.25) is 9.78 Å². The molecule has 1 heterocycles. The largest absolute Gasteiger partial charge is 0.378 e. The lowest BCUT2D eigenvalue weighted by Gasteiger charge is -2.13. The number of pyridine rings is 1. The van der Waals surface area contributed by atoms with E-state index in [0.29, 0.717) is 10.6 Å². The van der Waals surface area contributed by atoms with Gasteiger partial charge in [0.1, 0.15) is 0 Å². The molecule has 0 fully saturated rings. The fourth-order valence-electron chi connectivity index (χ4n) is 2.60. The molecule has 0 atom stereocenters. The Labute approximate surface area is 164 Å². The molecule has 0 aliphatic rings. The van der Waals surface area contributed by atoms with Crippen LogP contribution in [0.15, 0.2) is 60.9 Å². The summed E-state index contributed by atoms with van der Waals surface area (Å²) in [5.41, 5.74) is 4.94. The lowest BCUT2D eigenvalue weighted by molar-refractivity contribution is 0.102. The van der Waals surface area contributed by atoms with Crippen LogP contribution in [0.1, 0.15) is 15.9 Å². The Morgan fingerprint density at radius 3 is 2.41 bits per heavy atom. The van der Waals surface area contributed by atoms with Crippen molar-refractivity contribution in [2.75, 3.05) is 29.6 Å². The van der Waals surface area contributed by atoms with Gasteiger partial charge in [-0.1, -0.05) is 11.6 Å². The minimum atomic E-state index is -0.211. The molecular formula is C21H21ClN4O. The molecule has 2 N–H and O–H groups in total. The van der Waals surface area contributed by atoms with Crippen molar-refractivity contribution in [3.8, 4) is 0 Å². The molecule has 0 aliphatic heterocycles. The molecule has 0 aliphatic carbocycles. The van der Waals surface area contributed by atoms with Gasteiger partial charge in [0.2, 0.25) is 0 Å². The van der Waals surface area contributed by atoms with Gasteiger partial charge in [0.15, 0.2) is 0 Å². The number of halogens is 1. The molecule has 3 rings (SSSR count). The Bertz CT molecular complexity index is 955. The van der Waals surface area contributed by atoms with Gasteiger partial charge in [-0.05, 0) is 61.0 Å². The van der Waals surface area contributed by atoms with Crippen LogP contribution in [0.5, 0.6) is 0 Å². The number of amides is 1. The van der Waals surface area contributed by atoms with Gasteiger partial charge in [-0.15, -0.1) is 0 Å². The van der Waals surface area contributed by atoms with Crippen LogP contribution in [-0.4, -0.2) is 25.0 Å². The first-order valence-corrected chi connectivity index (χ1v) is 8.87. The molecule has 6 heteroatoms. The Morgan fingerprint density at radius 1 is 1.00 bits per heavy atom. The molecule has 0 unspecified atom stereocenters. The topological polar surface area (TPSA) is 57.3 Å². The van der Waals surface area contributed by atoms with Crippen molar-refractivity contribution < 1.29 is 4.79 Å². The normalized spacial score (nSPS) is 10.4. The molecule has 0 saturated carbocycles. The van der Waals surface area contributed by atoms with E-state index in [1.165, 1.54) is 0 Å². The first-order valence-electron chi connectivity index (χ1n) is 8.49. The molecule has 0 spiro atoms. The fourth-order valence-corrected chi connectivity index (χ4v) is 2.83. The van der Waals surface area contributed by atoms with Crippen molar-refractivity contribution in [3.63, 3.8) is 0 Å². The third-order valence-electron chi connectivity index (χ3n) is 4.11. The zero-order valence-corrected chi connectivity index (χ0v) is 16.2. The highest BCUT2D eigenvalue weighted by Gasteiger charge is 2.09. The van der Waals surface area contributed by atoms with Gasteiger partial charge in [-0.2, -0.15) is 0 Å². The number of anilines is 4. The van der Waals surface area contributed by atoms with Crippen molar-refractivity contribution in [3.05, 3.63) is 77.1 Å². The van der Waals surface area contributed by atoms with Gasteiger partial charge in [0.05, 0.1) is 17.4 Å². The number of benzene rings is 2. The van der Waals surface area contributed by atoms with Crippen LogP contribution in [0.25, 0.3) is 0 Å². The fraction of sp³-hybridized carbons (Fsp3) is 0.143. The second-order valence-corrected chi connectivity index (χ2v) is 6.88. The average Bonchev–Trinajstić information content (AvgIpc) is 2.65. The van der Waals surface area contributed by atoms with Gasteiger partial charge in [-0.25, -0.2) is 0 Å². The maximum Gasteiger partial charge on any atom is 0.257 e. The molecule has 1 amide bonds. The second kappa shape index (κ2) is 8.10. The van der Waals surface area contributed by atoms with Crippen molar-refractivity contribution >= 4 is 40.3 Å². The molecule has 3 aromatic rings. The molecule has 2 aromatic carbocycles. The summed E-state index contributed by atoms with van der Waals surface area (Å²) in [6.07, 6.45) is 3.22. The van der Waals surface area contributed by atoms with Gasteiger partial charge >= 0.3 is 0 Å². The molecule has 0 bridgehead atoms. The summed E-state index contributed by atoms with van der Waals surface area (Å²) in [5, 5.41) is 6.85. The van der Waals surface area contributed by atoms with Crippen LogP contribution in [0.3, 0.4) is 0 Å². The van der Waals surface area contributed by atoms with Crippen molar-refractivity contribution in [1.29, 1.82) is 0 Å². The third kappa shape index (κ3) is 4.77. The molecule has 0 radical (unpaired) electrons. The van der Waals surface area contributed by atoms with Gasteiger partial charge < -0.3 is 15.5 Å². The minimum absolute atomic E-state index is 0.211. The first-order chi connectivity index (χ1) is 12.9. The average molecular weight is 381 g/mol. The van der Waals surface area contributed by atoms with Crippen molar-refractivity contribution in [2.45, 2.75) is 6.92 Å². The smallest absolute Gasteiger partial charge is 0.257 e. The highest BCUT2D eigenvalue weighted by atomic mass is 35.5. The molecule has 138 valence electrons. The summed E-state index contributed by atoms with van der Waals surface area (Å²) in [4.78, 5) is 18.7. The summed E-state index contributed by atoms with van der Waals surface area (Å²) in [5.74, 6) is -0.211. The lowest BCUT2D eigenvalue weighted by atomic mass is 10.2. The summed E-state index contributed by atoms with van der Waals surface area (Å²) in [6, 6.07) is 15.0. The van der Waals surface area contributed by atoms with E-state index in [2.05, 4.69) is 15.6 Å². The van der Waals surface area contributed by atoms with Crippen LogP contribution in [0, 0.1) is 6.92 Å². The molecule has 1 aromatic heterocycles. The number of hydrogen-bond acceptors (Lipinski definition) is 4. The summed E-state index contributed by atoms with van der Waals surface area (Å²) in [6.45, 7) is 1.97. The monoisotopic (exact) mass is 380 g/mol. The summed E-state index contributed by atoms with van der Waals surface area (Å²) in [7, 11) is 3.94. The second-order valence-electron chi connectivity index (χ2n) is 6.44. The van der Waals surface area contributed by atoms with Crippen LogP contribution < -0.4 is 15.5 Å². The van der Waals surface area contributed by atoms with E-state index in [9.17, 15) is 4.79 Å². The maximum atomic E-state index is 12.5. The highest BCUT2D eigenvalue weighted by molar-refractivity contribution is 6.30. The van der Waals surface area contributed by atoms with E-state index in [4.69, 9.17) is 11.6 Å². The zero-order chi connectivity index (χ0) is 19.4. The van der Waals surface area contributed by atoms with Crippen LogP contribution in [-0.2, 0) is 0 Å². The van der Waals surface area contributed by atoms with E-state index < -0.39 is 0 Å². The number of nitrogens with zero attached hydrogens (tertiary/aromatic N) is 2. The molecule has 0 saturated heterocycles. The third-order valence-corrected chi connectivity index (χ3v) is 4.34. The number of aryl methyl sites for hydroxylation is 1. The predicted octanol–water partition coefficient (Wildman–Crippen LogP) is 5.11. The van der Waals surface area contributed by atoms with Crippen molar-refractivity contribution in [1.82, 2.24) is 4.98 Å². The van der Waals surface area contributed by atoms with Gasteiger partial charge in [0, 0.05) is 42.4 Å². The van der Waals surface area contributed by atoms with E-state index in [0.717, 1.165) is 28.3 Å². The quantitative estimate of drug-likeness (QED) is 0.646. The predicted molar refractivity (Wildman–Crippen MR) is 112 cm³/mol.